The summed E-state index contributed by atoms with van der Waals surface area (Å²) in [4.78, 5) is 23.6. The number of methoxy groups -OCH3 is 1. The fourth-order valence-electron chi connectivity index (χ4n) is 1.37. The summed E-state index contributed by atoms with van der Waals surface area (Å²) in [6, 6.07) is 2.92. The first-order valence-electron chi connectivity index (χ1n) is 5.24. The van der Waals surface area contributed by atoms with Gasteiger partial charge < -0.3 is 9.64 Å². The number of esters is 1. The Hall–Kier alpha value is -1.98. The zero-order valence-corrected chi connectivity index (χ0v) is 10.1. The van der Waals surface area contributed by atoms with Gasteiger partial charge in [-0.2, -0.15) is 0 Å². The van der Waals surface area contributed by atoms with Crippen molar-refractivity contribution in [1.82, 2.24) is 0 Å². The summed E-state index contributed by atoms with van der Waals surface area (Å²) < 4.78 is 30.5. The lowest BCUT2D eigenvalue weighted by Gasteiger charge is -2.17. The fourth-order valence-corrected chi connectivity index (χ4v) is 1.37. The number of carbonyl (C=O) groups is 2. The van der Waals surface area contributed by atoms with Gasteiger partial charge in [0.1, 0.15) is 11.6 Å². The summed E-state index contributed by atoms with van der Waals surface area (Å²) in [5.41, 5.74) is -0.0359. The van der Waals surface area contributed by atoms with E-state index in [0.29, 0.717) is 6.07 Å². The zero-order valence-electron chi connectivity index (χ0n) is 10.1. The highest BCUT2D eigenvalue weighted by atomic mass is 19.1. The highest BCUT2D eigenvalue weighted by Crippen LogP contribution is 2.19. The normalized spacial score (nSPS) is 10.0. The van der Waals surface area contributed by atoms with Crippen LogP contribution in [0.4, 0.5) is 14.5 Å². The molecule has 0 saturated carbocycles. The van der Waals surface area contributed by atoms with E-state index in [0.717, 1.165) is 11.0 Å². The summed E-state index contributed by atoms with van der Waals surface area (Å²) in [7, 11) is 2.58. The van der Waals surface area contributed by atoms with E-state index in [1.165, 1.54) is 20.2 Å². The number of amides is 1. The van der Waals surface area contributed by atoms with E-state index in [9.17, 15) is 18.4 Å². The molecule has 0 fully saturated rings. The second-order valence-electron chi connectivity index (χ2n) is 3.62. The number of rotatable bonds is 4. The summed E-state index contributed by atoms with van der Waals surface area (Å²) in [6.45, 7) is 0. The van der Waals surface area contributed by atoms with Crippen LogP contribution in [0.15, 0.2) is 18.2 Å². The Balaban J connectivity index is 2.71. The van der Waals surface area contributed by atoms with Gasteiger partial charge in [0.25, 0.3) is 0 Å². The average Bonchev–Trinajstić information content (AvgIpc) is 2.34. The monoisotopic (exact) mass is 257 g/mol. The molecule has 0 N–H and O–H groups in total. The number of hydrogen-bond donors (Lipinski definition) is 0. The Kier molecular flexibility index (Phi) is 4.76. The minimum Gasteiger partial charge on any atom is -0.469 e. The lowest BCUT2D eigenvalue weighted by Crippen LogP contribution is -2.27. The standard InChI is InChI=1S/C12H13F2NO3/c1-15(11(16)5-6-12(17)18-2)10-4-3-8(13)7-9(10)14/h3-4,7H,5-6H2,1-2H3. The molecule has 0 unspecified atom stereocenters. The molecule has 0 aliphatic rings. The molecule has 6 heteroatoms. The molecule has 1 aromatic carbocycles. The molecule has 0 radical (unpaired) electrons. The molecule has 0 aliphatic carbocycles. The van der Waals surface area contributed by atoms with Crippen molar-refractivity contribution in [2.45, 2.75) is 12.8 Å². The molecule has 0 atom stereocenters. The van der Waals surface area contributed by atoms with Crippen molar-refractivity contribution in [2.24, 2.45) is 0 Å². The van der Waals surface area contributed by atoms with Crippen molar-refractivity contribution in [2.75, 3.05) is 19.1 Å². The number of anilines is 1. The molecule has 0 heterocycles. The quantitative estimate of drug-likeness (QED) is 0.774. The van der Waals surface area contributed by atoms with E-state index in [1.54, 1.807) is 0 Å². The third-order valence-corrected chi connectivity index (χ3v) is 2.42. The van der Waals surface area contributed by atoms with Gasteiger partial charge in [0.05, 0.1) is 19.2 Å². The van der Waals surface area contributed by atoms with Crippen LogP contribution in [0.1, 0.15) is 12.8 Å². The molecule has 98 valence electrons. The topological polar surface area (TPSA) is 46.6 Å². The summed E-state index contributed by atoms with van der Waals surface area (Å²) >= 11 is 0. The van der Waals surface area contributed by atoms with Crippen molar-refractivity contribution in [3.05, 3.63) is 29.8 Å². The molecule has 1 rings (SSSR count). The van der Waals surface area contributed by atoms with Gasteiger partial charge >= 0.3 is 5.97 Å². The molecular weight excluding hydrogens is 244 g/mol. The van der Waals surface area contributed by atoms with Gasteiger partial charge in [-0.25, -0.2) is 8.78 Å². The molecule has 4 nitrogen and oxygen atoms in total. The maximum absolute atomic E-state index is 13.4. The second-order valence-corrected chi connectivity index (χ2v) is 3.62. The Morgan fingerprint density at radius 2 is 1.94 bits per heavy atom. The summed E-state index contributed by atoms with van der Waals surface area (Å²) in [6.07, 6.45) is -0.178. The highest BCUT2D eigenvalue weighted by Gasteiger charge is 2.16. The van der Waals surface area contributed by atoms with Crippen LogP contribution in [0.5, 0.6) is 0 Å². The van der Waals surface area contributed by atoms with Crippen LogP contribution >= 0.6 is 0 Å². The van der Waals surface area contributed by atoms with Crippen LogP contribution in [0.3, 0.4) is 0 Å². The van der Waals surface area contributed by atoms with E-state index in [4.69, 9.17) is 0 Å². The van der Waals surface area contributed by atoms with Crippen molar-refractivity contribution in [3.63, 3.8) is 0 Å². The largest absolute Gasteiger partial charge is 0.469 e. The molecule has 1 amide bonds. The number of halogens is 2. The minimum absolute atomic E-state index is 0.0359. The third kappa shape index (κ3) is 3.51. The SMILES string of the molecule is COC(=O)CCC(=O)N(C)c1ccc(F)cc1F. The van der Waals surface area contributed by atoms with E-state index in [1.807, 2.05) is 0 Å². The number of hydrogen-bond acceptors (Lipinski definition) is 3. The number of nitrogens with zero attached hydrogens (tertiary/aromatic N) is 1. The van der Waals surface area contributed by atoms with E-state index >= 15 is 0 Å². The van der Waals surface area contributed by atoms with Crippen LogP contribution < -0.4 is 4.90 Å². The first-order chi connectivity index (χ1) is 8.45. The van der Waals surface area contributed by atoms with Gasteiger partial charge in [-0.15, -0.1) is 0 Å². The van der Waals surface area contributed by atoms with Crippen molar-refractivity contribution < 1.29 is 23.1 Å². The number of benzene rings is 1. The fraction of sp³-hybridized carbons (Fsp3) is 0.333. The first-order valence-corrected chi connectivity index (χ1v) is 5.24. The summed E-state index contributed by atoms with van der Waals surface area (Å²) in [5.74, 6) is -2.52. The number of ether oxygens (including phenoxy) is 1. The van der Waals surface area contributed by atoms with Gasteiger partial charge in [0, 0.05) is 19.5 Å². The van der Waals surface area contributed by atoms with E-state index in [-0.39, 0.29) is 18.5 Å². The van der Waals surface area contributed by atoms with Gasteiger partial charge in [0.2, 0.25) is 5.91 Å². The molecular formula is C12H13F2NO3. The van der Waals surface area contributed by atoms with Crippen LogP contribution in [-0.4, -0.2) is 26.0 Å². The molecule has 1 aromatic rings. The van der Waals surface area contributed by atoms with Gasteiger partial charge in [0.15, 0.2) is 0 Å². The van der Waals surface area contributed by atoms with E-state index in [2.05, 4.69) is 4.74 Å². The van der Waals surface area contributed by atoms with Crippen molar-refractivity contribution in [3.8, 4) is 0 Å². The van der Waals surface area contributed by atoms with Crippen LogP contribution in [0, 0.1) is 11.6 Å². The molecule has 0 bridgehead atoms. The Labute approximate surface area is 103 Å². The average molecular weight is 257 g/mol. The van der Waals surface area contributed by atoms with Crippen LogP contribution in [0.25, 0.3) is 0 Å². The lowest BCUT2D eigenvalue weighted by molar-refractivity contribution is -0.141. The maximum atomic E-state index is 13.4. The minimum atomic E-state index is -0.830. The second kappa shape index (κ2) is 6.09. The molecule has 0 saturated heterocycles. The molecule has 0 aliphatic heterocycles. The Bertz CT molecular complexity index is 463. The van der Waals surface area contributed by atoms with Crippen LogP contribution in [0.2, 0.25) is 0 Å². The van der Waals surface area contributed by atoms with Crippen molar-refractivity contribution >= 4 is 17.6 Å². The molecule has 0 aromatic heterocycles. The first kappa shape index (κ1) is 14.1. The smallest absolute Gasteiger partial charge is 0.306 e. The van der Waals surface area contributed by atoms with Crippen LogP contribution in [-0.2, 0) is 14.3 Å². The third-order valence-electron chi connectivity index (χ3n) is 2.42. The lowest BCUT2D eigenvalue weighted by atomic mass is 10.2. The highest BCUT2D eigenvalue weighted by molar-refractivity contribution is 5.94. The van der Waals surface area contributed by atoms with E-state index < -0.39 is 23.5 Å². The molecule has 0 spiro atoms. The van der Waals surface area contributed by atoms with Gasteiger partial charge in [-0.05, 0) is 12.1 Å². The summed E-state index contributed by atoms with van der Waals surface area (Å²) in [5, 5.41) is 0. The zero-order chi connectivity index (χ0) is 13.7. The molecule has 18 heavy (non-hydrogen) atoms. The van der Waals surface area contributed by atoms with Gasteiger partial charge in [-0.1, -0.05) is 0 Å². The number of carbonyl (C=O) groups excluding carboxylic acids is 2. The predicted octanol–water partition coefficient (Wildman–Crippen LogP) is 1.88. The van der Waals surface area contributed by atoms with Crippen molar-refractivity contribution in [1.29, 1.82) is 0 Å². The maximum Gasteiger partial charge on any atom is 0.306 e. The van der Waals surface area contributed by atoms with Gasteiger partial charge in [-0.3, -0.25) is 9.59 Å². The predicted molar refractivity (Wildman–Crippen MR) is 61.0 cm³/mol. The Morgan fingerprint density at radius 1 is 1.28 bits per heavy atom. The Morgan fingerprint density at radius 3 is 2.50 bits per heavy atom.